The van der Waals surface area contributed by atoms with Crippen molar-refractivity contribution in [2.24, 2.45) is 0 Å². The molecule has 0 bridgehead atoms. The van der Waals surface area contributed by atoms with E-state index in [0.29, 0.717) is 6.54 Å². The maximum Gasteiger partial charge on any atom is 0.258 e. The highest BCUT2D eigenvalue weighted by atomic mass is 35.5. The molecule has 5 heteroatoms. The minimum absolute atomic E-state index is 0.187. The summed E-state index contributed by atoms with van der Waals surface area (Å²) in [7, 11) is 0. The standard InChI is InChI=1S/C8H13Cl2NO2/c1-5-4-11(7(12)6(9)10)8(2,3)13-5/h5-6H,4H2,1-3H3/t5-/m1/s1/i2T,3T. The maximum absolute atomic E-state index is 11.6. The van der Waals surface area contributed by atoms with Crippen LogP contribution in [0, 0.1) is 0 Å². The van der Waals surface area contributed by atoms with Crippen LogP contribution >= 0.6 is 23.2 Å². The minimum Gasteiger partial charge on any atom is -0.351 e. The van der Waals surface area contributed by atoms with Crippen LogP contribution in [0.1, 0.15) is 23.5 Å². The van der Waals surface area contributed by atoms with E-state index in [2.05, 4.69) is 0 Å². The zero-order valence-electron chi connectivity index (χ0n) is 9.30. The van der Waals surface area contributed by atoms with Crippen LogP contribution in [0.4, 0.5) is 0 Å². The SMILES string of the molecule is [3H]CC1(C[3H])O[C@H](C)CN1C(=O)C(Cl)Cl. The molecule has 13 heavy (non-hydrogen) atoms. The molecule has 0 spiro atoms. The van der Waals surface area contributed by atoms with Gasteiger partial charge in [0.1, 0.15) is 5.72 Å². The van der Waals surface area contributed by atoms with E-state index in [0.717, 1.165) is 0 Å². The summed E-state index contributed by atoms with van der Waals surface area (Å²) in [4.78, 5) is 11.8. The van der Waals surface area contributed by atoms with Crippen LogP contribution in [0.25, 0.3) is 0 Å². The normalized spacial score (nSPS) is 28.9. The second kappa shape index (κ2) is 3.64. The second-order valence-electron chi connectivity index (χ2n) is 3.12. The molecule has 0 aromatic heterocycles. The maximum atomic E-state index is 11.6. The number of ether oxygens (including phenoxy) is 1. The smallest absolute Gasteiger partial charge is 0.258 e. The van der Waals surface area contributed by atoms with Gasteiger partial charge in [-0.05, 0) is 20.7 Å². The topological polar surface area (TPSA) is 29.5 Å². The van der Waals surface area contributed by atoms with Crippen molar-refractivity contribution in [3.8, 4) is 0 Å². The van der Waals surface area contributed by atoms with E-state index in [-0.39, 0.29) is 19.9 Å². The van der Waals surface area contributed by atoms with Gasteiger partial charge in [0.2, 0.25) is 0 Å². The van der Waals surface area contributed by atoms with Crippen LogP contribution in [0.15, 0.2) is 0 Å². The number of hydrogen-bond donors (Lipinski definition) is 0. The number of carbonyl (C=O) groups excluding carboxylic acids is 1. The molecule has 1 rings (SSSR count). The van der Waals surface area contributed by atoms with Crippen molar-refractivity contribution < 1.29 is 12.3 Å². The third-order valence-corrected chi connectivity index (χ3v) is 2.18. The fourth-order valence-electron chi connectivity index (χ4n) is 1.31. The van der Waals surface area contributed by atoms with E-state index in [1.807, 2.05) is 0 Å². The summed E-state index contributed by atoms with van der Waals surface area (Å²) in [5, 5.41) is 0. The lowest BCUT2D eigenvalue weighted by Crippen LogP contribution is -2.45. The molecule has 0 saturated carbocycles. The van der Waals surface area contributed by atoms with Crippen molar-refractivity contribution in [1.82, 2.24) is 4.90 Å². The summed E-state index contributed by atoms with van der Waals surface area (Å²) in [6.45, 7) is 1.73. The quantitative estimate of drug-likeness (QED) is 0.642. The zero-order valence-corrected chi connectivity index (χ0v) is 8.81. The molecular formula is C8H13Cl2NO2. The molecule has 0 radical (unpaired) electrons. The number of amides is 1. The molecule has 3 nitrogen and oxygen atoms in total. The molecule has 1 atom stereocenters. The van der Waals surface area contributed by atoms with Crippen molar-refractivity contribution >= 4 is 29.1 Å². The van der Waals surface area contributed by atoms with Crippen molar-refractivity contribution in [3.05, 3.63) is 0 Å². The lowest BCUT2D eigenvalue weighted by molar-refractivity contribution is -0.143. The highest BCUT2D eigenvalue weighted by Gasteiger charge is 2.41. The molecule has 76 valence electrons. The lowest BCUT2D eigenvalue weighted by atomic mass is 10.2. The fourth-order valence-corrected chi connectivity index (χ4v) is 1.54. The van der Waals surface area contributed by atoms with Gasteiger partial charge >= 0.3 is 0 Å². The summed E-state index contributed by atoms with van der Waals surface area (Å²) < 4.78 is 20.2. The Kier molecular flexibility index (Phi) is 2.33. The zero-order chi connectivity index (χ0) is 11.6. The first-order chi connectivity index (χ1) is 6.96. The van der Waals surface area contributed by atoms with Crippen molar-refractivity contribution in [3.63, 3.8) is 0 Å². The van der Waals surface area contributed by atoms with Crippen LogP contribution in [0.3, 0.4) is 0 Å². The average molecular weight is 230 g/mol. The summed E-state index contributed by atoms with van der Waals surface area (Å²) in [5.74, 6) is -0.498. The molecule has 1 heterocycles. The summed E-state index contributed by atoms with van der Waals surface area (Å²) in [5.41, 5.74) is -1.18. The van der Waals surface area contributed by atoms with Crippen LogP contribution < -0.4 is 0 Å². The second-order valence-corrected chi connectivity index (χ2v) is 4.22. The highest BCUT2D eigenvalue weighted by molar-refractivity contribution is 6.53. The van der Waals surface area contributed by atoms with Gasteiger partial charge in [0, 0.05) is 9.29 Å². The van der Waals surface area contributed by atoms with Gasteiger partial charge in [-0.25, -0.2) is 0 Å². The minimum atomic E-state index is -1.18. The van der Waals surface area contributed by atoms with Gasteiger partial charge in [0.05, 0.1) is 6.10 Å². The molecule has 0 unspecified atom stereocenters. The predicted octanol–water partition coefficient (Wildman–Crippen LogP) is 1.77. The molecule has 0 aromatic rings. The molecule has 1 amide bonds. The Hall–Kier alpha value is 0.01000. The Labute approximate surface area is 90.7 Å². The van der Waals surface area contributed by atoms with Crippen molar-refractivity contribution in [2.75, 3.05) is 6.54 Å². The fraction of sp³-hybridized carbons (Fsp3) is 0.875. The Balaban J connectivity index is 2.90. The van der Waals surface area contributed by atoms with E-state index in [4.69, 9.17) is 30.7 Å². The molecule has 1 saturated heterocycles. The molecule has 1 aliphatic heterocycles. The summed E-state index contributed by atoms with van der Waals surface area (Å²) >= 11 is 11.0. The van der Waals surface area contributed by atoms with Gasteiger partial charge in [0.25, 0.3) is 5.91 Å². The molecule has 0 aromatic carbocycles. The monoisotopic (exact) mass is 229 g/mol. The third kappa shape index (κ3) is 2.27. The highest BCUT2D eigenvalue weighted by Crippen LogP contribution is 2.28. The average Bonchev–Trinajstić information content (AvgIpc) is 2.54. The number of halogens is 2. The first-order valence-corrected chi connectivity index (χ1v) is 4.70. The van der Waals surface area contributed by atoms with Gasteiger partial charge in [-0.3, -0.25) is 4.79 Å². The van der Waals surface area contributed by atoms with Crippen molar-refractivity contribution in [1.29, 1.82) is 0 Å². The number of rotatable bonds is 1. The molecular weight excluding hydrogens is 213 g/mol. The number of carbonyl (C=O) groups is 1. The van der Waals surface area contributed by atoms with Crippen LogP contribution in [-0.2, 0) is 9.53 Å². The first-order valence-electron chi connectivity index (χ1n) is 5.24. The van der Waals surface area contributed by atoms with E-state index in [1.54, 1.807) is 6.92 Å². The Morgan fingerprint density at radius 1 is 1.77 bits per heavy atom. The summed E-state index contributed by atoms with van der Waals surface area (Å²) in [6.07, 6.45) is -0.197. The number of alkyl halides is 2. The van der Waals surface area contributed by atoms with Gasteiger partial charge in [0.15, 0.2) is 4.84 Å². The largest absolute Gasteiger partial charge is 0.351 e. The van der Waals surface area contributed by atoms with Crippen LogP contribution in [0.2, 0.25) is 0 Å². The number of hydrogen-bond acceptors (Lipinski definition) is 2. The van der Waals surface area contributed by atoms with Gasteiger partial charge < -0.3 is 9.64 Å². The van der Waals surface area contributed by atoms with E-state index >= 15 is 0 Å². The number of nitrogens with zero attached hydrogens (tertiary/aromatic N) is 1. The lowest BCUT2D eigenvalue weighted by Gasteiger charge is -2.30. The Bertz CT molecular complexity index is 249. The van der Waals surface area contributed by atoms with Crippen molar-refractivity contribution in [2.45, 2.75) is 37.4 Å². The third-order valence-electron chi connectivity index (χ3n) is 1.80. The Morgan fingerprint density at radius 2 is 2.38 bits per heavy atom. The van der Waals surface area contributed by atoms with Crippen LogP contribution in [-0.4, -0.2) is 34.0 Å². The molecule has 1 aliphatic rings. The van der Waals surface area contributed by atoms with Gasteiger partial charge in [-0.1, -0.05) is 23.2 Å². The molecule has 0 N–H and O–H groups in total. The van der Waals surface area contributed by atoms with Crippen LogP contribution in [0.5, 0.6) is 0 Å². The molecule has 1 fully saturated rings. The van der Waals surface area contributed by atoms with Gasteiger partial charge in [-0.2, -0.15) is 0 Å². The van der Waals surface area contributed by atoms with E-state index < -0.39 is 16.5 Å². The van der Waals surface area contributed by atoms with Gasteiger partial charge in [-0.15, -0.1) is 0 Å². The predicted molar refractivity (Wildman–Crippen MR) is 51.8 cm³/mol. The van der Waals surface area contributed by atoms with E-state index in [9.17, 15) is 4.79 Å². The Morgan fingerprint density at radius 3 is 2.85 bits per heavy atom. The molecule has 0 aliphatic carbocycles. The first kappa shape index (κ1) is 8.33. The van der Waals surface area contributed by atoms with E-state index in [1.165, 1.54) is 4.90 Å². The summed E-state index contributed by atoms with van der Waals surface area (Å²) in [6, 6.07) is 0.